The number of methoxy groups -OCH3 is 1. The van der Waals surface area contributed by atoms with E-state index in [2.05, 4.69) is 6.58 Å². The molecule has 3 heteroatoms. The molecule has 1 aromatic carbocycles. The van der Waals surface area contributed by atoms with Crippen LogP contribution < -0.4 is 4.74 Å². The molecule has 0 unspecified atom stereocenters. The average Bonchev–Trinajstić information content (AvgIpc) is 2.34. The number of rotatable bonds is 7. The second-order valence-electron chi connectivity index (χ2n) is 3.99. The summed E-state index contributed by atoms with van der Waals surface area (Å²) in [5.41, 5.74) is 1.95. The molecular weight excluding hydrogens is 216 g/mol. The van der Waals surface area contributed by atoms with Gasteiger partial charge in [0.1, 0.15) is 18.1 Å². The quantitative estimate of drug-likeness (QED) is 0.537. The molecule has 0 saturated heterocycles. The number of benzene rings is 1. The van der Waals surface area contributed by atoms with E-state index in [-0.39, 0.29) is 0 Å². The zero-order valence-electron chi connectivity index (χ0n) is 10.3. The second kappa shape index (κ2) is 6.86. The van der Waals surface area contributed by atoms with Crippen LogP contribution in [0.25, 0.3) is 0 Å². The van der Waals surface area contributed by atoms with E-state index in [9.17, 15) is 4.79 Å². The molecule has 0 aliphatic carbocycles. The molecule has 0 amide bonds. The van der Waals surface area contributed by atoms with Crippen LogP contribution in [0, 0.1) is 0 Å². The van der Waals surface area contributed by atoms with E-state index in [4.69, 9.17) is 9.47 Å². The first-order valence-corrected chi connectivity index (χ1v) is 5.50. The van der Waals surface area contributed by atoms with Gasteiger partial charge in [-0.1, -0.05) is 17.7 Å². The minimum Gasteiger partial charge on any atom is -0.497 e. The van der Waals surface area contributed by atoms with Crippen molar-refractivity contribution in [1.29, 1.82) is 0 Å². The maximum Gasteiger partial charge on any atom is 0.149 e. The Bertz CT molecular complexity index is 368. The minimum atomic E-state index is -0.408. The second-order valence-corrected chi connectivity index (χ2v) is 3.99. The average molecular weight is 234 g/mol. The van der Waals surface area contributed by atoms with Gasteiger partial charge < -0.3 is 14.3 Å². The molecule has 92 valence electrons. The SMILES string of the molecule is C=C(C)C[C@@H](C=O)OCc1ccc(OC)cc1. The van der Waals surface area contributed by atoms with Gasteiger partial charge >= 0.3 is 0 Å². The van der Waals surface area contributed by atoms with E-state index in [1.165, 1.54) is 0 Å². The van der Waals surface area contributed by atoms with Crippen LogP contribution in [-0.4, -0.2) is 19.5 Å². The van der Waals surface area contributed by atoms with Crippen LogP contribution in [0.2, 0.25) is 0 Å². The Morgan fingerprint density at radius 2 is 2.06 bits per heavy atom. The Balaban J connectivity index is 2.47. The molecule has 3 nitrogen and oxygen atoms in total. The van der Waals surface area contributed by atoms with Crippen molar-refractivity contribution in [3.05, 3.63) is 42.0 Å². The number of ether oxygens (including phenoxy) is 2. The van der Waals surface area contributed by atoms with E-state index >= 15 is 0 Å². The lowest BCUT2D eigenvalue weighted by molar-refractivity contribution is -0.118. The Morgan fingerprint density at radius 3 is 2.53 bits per heavy atom. The van der Waals surface area contributed by atoms with E-state index in [0.717, 1.165) is 23.2 Å². The molecule has 1 aromatic rings. The molecule has 0 aliphatic heterocycles. The van der Waals surface area contributed by atoms with Crippen molar-refractivity contribution in [1.82, 2.24) is 0 Å². The number of aldehydes is 1. The molecule has 0 aliphatic rings. The third kappa shape index (κ3) is 4.83. The zero-order valence-corrected chi connectivity index (χ0v) is 10.3. The third-order valence-electron chi connectivity index (χ3n) is 2.32. The van der Waals surface area contributed by atoms with Crippen molar-refractivity contribution < 1.29 is 14.3 Å². The maximum absolute atomic E-state index is 10.8. The van der Waals surface area contributed by atoms with E-state index in [1.807, 2.05) is 31.2 Å². The van der Waals surface area contributed by atoms with Crippen LogP contribution in [0.1, 0.15) is 18.9 Å². The molecule has 17 heavy (non-hydrogen) atoms. The fourth-order valence-corrected chi connectivity index (χ4v) is 1.41. The lowest BCUT2D eigenvalue weighted by Gasteiger charge is -2.12. The zero-order chi connectivity index (χ0) is 12.7. The predicted octanol–water partition coefficient (Wildman–Crippen LogP) is 2.75. The van der Waals surface area contributed by atoms with Crippen molar-refractivity contribution >= 4 is 6.29 Å². The maximum atomic E-state index is 10.8. The largest absolute Gasteiger partial charge is 0.497 e. The normalized spacial score (nSPS) is 11.9. The van der Waals surface area contributed by atoms with Gasteiger partial charge in [-0.3, -0.25) is 0 Å². The monoisotopic (exact) mass is 234 g/mol. The molecule has 1 atom stereocenters. The lowest BCUT2D eigenvalue weighted by Crippen LogP contribution is -2.14. The minimum absolute atomic E-state index is 0.408. The topological polar surface area (TPSA) is 35.5 Å². The first-order valence-electron chi connectivity index (χ1n) is 5.50. The molecule has 0 radical (unpaired) electrons. The highest BCUT2D eigenvalue weighted by molar-refractivity contribution is 5.56. The van der Waals surface area contributed by atoms with Gasteiger partial charge in [-0.15, -0.1) is 6.58 Å². The molecule has 0 fully saturated rings. The Hall–Kier alpha value is -1.61. The molecule has 0 spiro atoms. The van der Waals surface area contributed by atoms with Crippen LogP contribution >= 0.6 is 0 Å². The van der Waals surface area contributed by atoms with Crippen molar-refractivity contribution in [3.8, 4) is 5.75 Å². The van der Waals surface area contributed by atoms with Crippen LogP contribution in [0.5, 0.6) is 5.75 Å². The summed E-state index contributed by atoms with van der Waals surface area (Å²) in [5.74, 6) is 0.808. The lowest BCUT2D eigenvalue weighted by atomic mass is 10.1. The van der Waals surface area contributed by atoms with Gasteiger partial charge in [-0.05, 0) is 24.6 Å². The van der Waals surface area contributed by atoms with Gasteiger partial charge in [0.15, 0.2) is 0 Å². The molecule has 0 saturated carbocycles. The standard InChI is InChI=1S/C14H18O3/c1-11(2)8-14(9-15)17-10-12-4-6-13(16-3)7-5-12/h4-7,9,14H,1,8,10H2,2-3H3/t14-/m0/s1. The number of carbonyl (C=O) groups is 1. The van der Waals surface area contributed by atoms with Gasteiger partial charge in [0.05, 0.1) is 13.7 Å². The van der Waals surface area contributed by atoms with Gasteiger partial charge in [0, 0.05) is 6.42 Å². The Labute approximate surface area is 102 Å². The van der Waals surface area contributed by atoms with Crippen LogP contribution in [-0.2, 0) is 16.1 Å². The van der Waals surface area contributed by atoms with Gasteiger partial charge in [-0.2, -0.15) is 0 Å². The van der Waals surface area contributed by atoms with E-state index in [1.54, 1.807) is 7.11 Å². The summed E-state index contributed by atoms with van der Waals surface area (Å²) < 4.78 is 10.6. The summed E-state index contributed by atoms with van der Waals surface area (Å²) in [6.45, 7) is 6.06. The highest BCUT2D eigenvalue weighted by Gasteiger charge is 2.07. The summed E-state index contributed by atoms with van der Waals surface area (Å²) in [6.07, 6.45) is 0.979. The summed E-state index contributed by atoms with van der Waals surface area (Å²) >= 11 is 0. The smallest absolute Gasteiger partial charge is 0.149 e. The van der Waals surface area contributed by atoms with E-state index in [0.29, 0.717) is 13.0 Å². The van der Waals surface area contributed by atoms with Gasteiger partial charge in [0.2, 0.25) is 0 Å². The van der Waals surface area contributed by atoms with Crippen LogP contribution in [0.4, 0.5) is 0 Å². The van der Waals surface area contributed by atoms with Crippen molar-refractivity contribution in [3.63, 3.8) is 0 Å². The number of hydrogen-bond acceptors (Lipinski definition) is 3. The van der Waals surface area contributed by atoms with E-state index < -0.39 is 6.10 Å². The fourth-order valence-electron chi connectivity index (χ4n) is 1.41. The van der Waals surface area contributed by atoms with Gasteiger partial charge in [0.25, 0.3) is 0 Å². The summed E-state index contributed by atoms with van der Waals surface area (Å²) in [6, 6.07) is 7.57. The van der Waals surface area contributed by atoms with Crippen molar-refractivity contribution in [2.75, 3.05) is 7.11 Å². The highest BCUT2D eigenvalue weighted by atomic mass is 16.5. The summed E-state index contributed by atoms with van der Waals surface area (Å²) in [7, 11) is 1.63. The first kappa shape index (κ1) is 13.5. The van der Waals surface area contributed by atoms with Crippen LogP contribution in [0.3, 0.4) is 0 Å². The fraction of sp³-hybridized carbons (Fsp3) is 0.357. The number of hydrogen-bond donors (Lipinski definition) is 0. The highest BCUT2D eigenvalue weighted by Crippen LogP contribution is 2.13. The molecule has 0 bridgehead atoms. The molecule has 0 aromatic heterocycles. The van der Waals surface area contributed by atoms with Crippen molar-refractivity contribution in [2.45, 2.75) is 26.1 Å². The molecule has 0 heterocycles. The predicted molar refractivity (Wildman–Crippen MR) is 67.1 cm³/mol. The Kier molecular flexibility index (Phi) is 5.43. The number of carbonyl (C=O) groups excluding carboxylic acids is 1. The summed E-state index contributed by atoms with van der Waals surface area (Å²) in [5, 5.41) is 0. The molecular formula is C14H18O3. The Morgan fingerprint density at radius 1 is 1.41 bits per heavy atom. The molecule has 0 N–H and O–H groups in total. The van der Waals surface area contributed by atoms with Crippen molar-refractivity contribution in [2.24, 2.45) is 0 Å². The van der Waals surface area contributed by atoms with Crippen LogP contribution in [0.15, 0.2) is 36.4 Å². The van der Waals surface area contributed by atoms with Gasteiger partial charge in [-0.25, -0.2) is 0 Å². The first-order chi connectivity index (χ1) is 8.15. The third-order valence-corrected chi connectivity index (χ3v) is 2.32. The molecule has 1 rings (SSSR count). The summed E-state index contributed by atoms with van der Waals surface area (Å²) in [4.78, 5) is 10.8.